The van der Waals surface area contributed by atoms with Crippen molar-refractivity contribution in [1.82, 2.24) is 4.57 Å². The van der Waals surface area contributed by atoms with Crippen LogP contribution >= 0.6 is 0 Å². The molecule has 2 heterocycles. The second-order valence-corrected chi connectivity index (χ2v) is 4.08. The molecule has 0 bridgehead atoms. The minimum Gasteiger partial charge on any atom is -0.394 e. The third-order valence-corrected chi connectivity index (χ3v) is 2.99. The Morgan fingerprint density at radius 3 is 2.53 bits per heavy atom. The Balaban J connectivity index is 2.18. The molecule has 6 heteroatoms. The van der Waals surface area contributed by atoms with E-state index in [1.807, 2.05) is 0 Å². The van der Waals surface area contributed by atoms with Gasteiger partial charge in [-0.15, -0.1) is 0 Å². The van der Waals surface area contributed by atoms with Gasteiger partial charge in [-0.05, 0) is 0 Å². The lowest BCUT2D eigenvalue weighted by Crippen LogP contribution is -2.51. The highest BCUT2D eigenvalue weighted by atomic mass is 16.5. The SMILES string of the molecule is O=c1ccn([C@@H]2CO[C@H](CO)[C@H](O)[C@@H]2O)cc1. The smallest absolute Gasteiger partial charge is 0.181 e. The molecule has 6 nitrogen and oxygen atoms in total. The van der Waals surface area contributed by atoms with Gasteiger partial charge in [0.15, 0.2) is 5.43 Å². The molecule has 2 rings (SSSR count). The van der Waals surface area contributed by atoms with E-state index < -0.39 is 24.4 Å². The van der Waals surface area contributed by atoms with Gasteiger partial charge in [-0.25, -0.2) is 0 Å². The summed E-state index contributed by atoms with van der Waals surface area (Å²) in [7, 11) is 0. The molecule has 1 aliphatic rings. The van der Waals surface area contributed by atoms with Crippen molar-refractivity contribution in [1.29, 1.82) is 0 Å². The van der Waals surface area contributed by atoms with Crippen LogP contribution in [0.25, 0.3) is 0 Å². The highest BCUT2D eigenvalue weighted by Crippen LogP contribution is 2.23. The molecule has 1 aromatic heterocycles. The van der Waals surface area contributed by atoms with E-state index in [-0.39, 0.29) is 18.6 Å². The zero-order valence-corrected chi connectivity index (χ0v) is 9.14. The van der Waals surface area contributed by atoms with Crippen LogP contribution in [0.5, 0.6) is 0 Å². The number of hydrogen-bond acceptors (Lipinski definition) is 5. The Hall–Kier alpha value is -1.21. The first kappa shape index (κ1) is 12.3. The van der Waals surface area contributed by atoms with Crippen LogP contribution in [0.1, 0.15) is 6.04 Å². The Morgan fingerprint density at radius 2 is 1.94 bits per heavy atom. The fraction of sp³-hybridized carbons (Fsp3) is 0.545. The summed E-state index contributed by atoms with van der Waals surface area (Å²) in [5.41, 5.74) is -0.124. The average Bonchev–Trinajstić information content (AvgIpc) is 2.34. The van der Waals surface area contributed by atoms with Gasteiger partial charge < -0.3 is 24.6 Å². The zero-order chi connectivity index (χ0) is 12.4. The maximum atomic E-state index is 11.0. The normalized spacial score (nSPS) is 33.6. The van der Waals surface area contributed by atoms with Gasteiger partial charge in [-0.2, -0.15) is 0 Å². The number of rotatable bonds is 2. The van der Waals surface area contributed by atoms with Crippen molar-refractivity contribution >= 4 is 0 Å². The number of nitrogens with zero attached hydrogens (tertiary/aromatic N) is 1. The van der Waals surface area contributed by atoms with Gasteiger partial charge in [-0.3, -0.25) is 4.79 Å². The predicted octanol–water partition coefficient (Wildman–Crippen LogP) is -1.50. The van der Waals surface area contributed by atoms with E-state index in [4.69, 9.17) is 9.84 Å². The molecule has 1 aromatic rings. The molecule has 0 spiro atoms. The first-order valence-electron chi connectivity index (χ1n) is 5.40. The molecule has 0 aliphatic carbocycles. The molecule has 0 unspecified atom stereocenters. The van der Waals surface area contributed by atoms with Crippen molar-refractivity contribution in [2.75, 3.05) is 13.2 Å². The molecule has 1 saturated heterocycles. The average molecular weight is 241 g/mol. The Bertz CT molecular complexity index is 412. The molecule has 4 atom stereocenters. The maximum absolute atomic E-state index is 11.0. The van der Waals surface area contributed by atoms with Crippen molar-refractivity contribution in [2.24, 2.45) is 0 Å². The number of pyridine rings is 1. The number of aliphatic hydroxyl groups excluding tert-OH is 3. The lowest BCUT2D eigenvalue weighted by molar-refractivity contribution is -0.169. The molecule has 94 valence electrons. The summed E-state index contributed by atoms with van der Waals surface area (Å²) in [4.78, 5) is 11.0. The molecule has 1 aliphatic heterocycles. The van der Waals surface area contributed by atoms with Gasteiger partial charge in [0.2, 0.25) is 0 Å². The van der Waals surface area contributed by atoms with Crippen molar-refractivity contribution in [3.63, 3.8) is 0 Å². The molecular weight excluding hydrogens is 226 g/mol. The molecule has 3 N–H and O–H groups in total. The summed E-state index contributed by atoms with van der Waals surface area (Å²) in [6.45, 7) is -0.165. The molecule has 1 fully saturated rings. The molecule has 0 amide bonds. The van der Waals surface area contributed by atoms with Gasteiger partial charge in [0.1, 0.15) is 18.3 Å². The van der Waals surface area contributed by atoms with Crippen molar-refractivity contribution < 1.29 is 20.1 Å². The minimum atomic E-state index is -1.14. The van der Waals surface area contributed by atoms with Gasteiger partial charge in [0.05, 0.1) is 19.3 Å². The number of aliphatic hydroxyl groups is 3. The van der Waals surface area contributed by atoms with E-state index >= 15 is 0 Å². The molecule has 0 aromatic carbocycles. The van der Waals surface area contributed by atoms with E-state index in [0.29, 0.717) is 0 Å². The van der Waals surface area contributed by atoms with Crippen molar-refractivity contribution in [3.05, 3.63) is 34.7 Å². The third-order valence-electron chi connectivity index (χ3n) is 2.99. The highest BCUT2D eigenvalue weighted by Gasteiger charge is 2.38. The second-order valence-electron chi connectivity index (χ2n) is 4.08. The van der Waals surface area contributed by atoms with Crippen LogP contribution in [0.3, 0.4) is 0 Å². The van der Waals surface area contributed by atoms with Crippen molar-refractivity contribution in [2.45, 2.75) is 24.4 Å². The zero-order valence-electron chi connectivity index (χ0n) is 9.14. The summed E-state index contributed by atoms with van der Waals surface area (Å²) in [5, 5.41) is 28.6. The predicted molar refractivity (Wildman–Crippen MR) is 58.6 cm³/mol. The quantitative estimate of drug-likeness (QED) is 0.586. The van der Waals surface area contributed by atoms with Crippen LogP contribution in [-0.2, 0) is 4.74 Å². The largest absolute Gasteiger partial charge is 0.394 e. The van der Waals surface area contributed by atoms with Crippen LogP contribution in [0.4, 0.5) is 0 Å². The van der Waals surface area contributed by atoms with Gasteiger partial charge in [-0.1, -0.05) is 0 Å². The standard InChI is InChI=1S/C11H15NO5/c13-5-9-11(16)10(15)8(6-17-9)12-3-1-7(14)2-4-12/h1-4,8-11,13,15-16H,5-6H2/t8-,9-,10-,11+/m1/s1. The molecule has 17 heavy (non-hydrogen) atoms. The lowest BCUT2D eigenvalue weighted by Gasteiger charge is -2.37. The summed E-state index contributed by atoms with van der Waals surface area (Å²) in [6, 6.07) is 2.28. The topological polar surface area (TPSA) is 91.9 Å². The summed E-state index contributed by atoms with van der Waals surface area (Å²) < 4.78 is 6.86. The van der Waals surface area contributed by atoms with E-state index in [1.54, 1.807) is 4.57 Å². The van der Waals surface area contributed by atoms with E-state index in [2.05, 4.69) is 0 Å². The number of hydrogen-bond donors (Lipinski definition) is 3. The van der Waals surface area contributed by atoms with Crippen molar-refractivity contribution in [3.8, 4) is 0 Å². The van der Waals surface area contributed by atoms with Gasteiger partial charge in [0.25, 0.3) is 0 Å². The van der Waals surface area contributed by atoms with Crippen LogP contribution in [0.15, 0.2) is 29.3 Å². The highest BCUT2D eigenvalue weighted by molar-refractivity contribution is 4.99. The lowest BCUT2D eigenvalue weighted by atomic mass is 9.98. The summed E-state index contributed by atoms with van der Waals surface area (Å²) >= 11 is 0. The number of ether oxygens (including phenoxy) is 1. The van der Waals surface area contributed by atoms with E-state index in [0.717, 1.165) is 0 Å². The van der Waals surface area contributed by atoms with E-state index in [9.17, 15) is 15.0 Å². The van der Waals surface area contributed by atoms with Crippen LogP contribution in [0.2, 0.25) is 0 Å². The fourth-order valence-electron chi connectivity index (χ4n) is 1.94. The second kappa shape index (κ2) is 4.97. The Kier molecular flexibility index (Phi) is 3.58. The third kappa shape index (κ3) is 2.39. The minimum absolute atomic E-state index is 0.124. The Morgan fingerprint density at radius 1 is 1.29 bits per heavy atom. The van der Waals surface area contributed by atoms with Crippen LogP contribution < -0.4 is 5.43 Å². The fourth-order valence-corrected chi connectivity index (χ4v) is 1.94. The summed E-state index contributed by atoms with van der Waals surface area (Å²) in [6.07, 6.45) is 0.124. The number of aromatic nitrogens is 1. The van der Waals surface area contributed by atoms with E-state index in [1.165, 1.54) is 24.5 Å². The first-order valence-corrected chi connectivity index (χ1v) is 5.40. The maximum Gasteiger partial charge on any atom is 0.181 e. The first-order chi connectivity index (χ1) is 8.13. The Labute approximate surface area is 97.7 Å². The van der Waals surface area contributed by atoms with Crippen LogP contribution in [0, 0.1) is 0 Å². The summed E-state index contributed by atoms with van der Waals surface area (Å²) in [5.74, 6) is 0. The monoisotopic (exact) mass is 241 g/mol. The molecule has 0 radical (unpaired) electrons. The van der Waals surface area contributed by atoms with Gasteiger partial charge >= 0.3 is 0 Å². The van der Waals surface area contributed by atoms with Gasteiger partial charge in [0, 0.05) is 24.5 Å². The molecule has 0 saturated carbocycles. The van der Waals surface area contributed by atoms with Crippen LogP contribution in [-0.4, -0.2) is 51.4 Å². The molecular formula is C11H15NO5.